The predicted molar refractivity (Wildman–Crippen MR) is 44.1 cm³/mol. The summed E-state index contributed by atoms with van der Waals surface area (Å²) in [5.41, 5.74) is 1.20. The number of aryl methyl sites for hydroxylation is 1. The van der Waals surface area contributed by atoms with Gasteiger partial charge in [-0.25, -0.2) is 5.26 Å². The Balaban J connectivity index is 2.28. The molecule has 0 unspecified atom stereocenters. The second kappa shape index (κ2) is 5.12. The summed E-state index contributed by atoms with van der Waals surface area (Å²) in [5.74, 6) is 0.751. The van der Waals surface area contributed by atoms with Crippen molar-refractivity contribution in [1.29, 1.82) is 0 Å². The zero-order valence-electron chi connectivity index (χ0n) is 5.93. The van der Waals surface area contributed by atoms with Crippen LogP contribution in [-0.4, -0.2) is 16.0 Å². The van der Waals surface area contributed by atoms with Gasteiger partial charge in [-0.3, -0.25) is 4.98 Å². The summed E-state index contributed by atoms with van der Waals surface area (Å²) in [4.78, 5) is 3.89. The van der Waals surface area contributed by atoms with Gasteiger partial charge in [0, 0.05) is 30.2 Å². The molecular weight excluding hydrogens is 162 g/mol. The van der Waals surface area contributed by atoms with E-state index in [1.807, 2.05) is 12.1 Å². The van der Waals surface area contributed by atoms with Crippen LogP contribution >= 0.6 is 12.0 Å². The third-order valence-corrected chi connectivity index (χ3v) is 1.75. The molecule has 4 heteroatoms. The fourth-order valence-electron chi connectivity index (χ4n) is 0.746. The van der Waals surface area contributed by atoms with Crippen LogP contribution in [0.5, 0.6) is 0 Å². The van der Waals surface area contributed by atoms with Gasteiger partial charge < -0.3 is 0 Å². The first-order chi connectivity index (χ1) is 5.43. The Morgan fingerprint density at radius 2 is 2.18 bits per heavy atom. The molecule has 0 aliphatic carbocycles. The monoisotopic (exact) mass is 171 g/mol. The van der Waals surface area contributed by atoms with E-state index in [1.54, 1.807) is 12.4 Å². The molecule has 0 radical (unpaired) electrons. The fraction of sp³-hybridized carbons (Fsp3) is 0.286. The van der Waals surface area contributed by atoms with Gasteiger partial charge in [-0.1, -0.05) is 0 Å². The molecule has 0 aliphatic heterocycles. The molecule has 1 rings (SSSR count). The number of hydrogen-bond acceptors (Lipinski definition) is 4. The first-order valence-corrected chi connectivity index (χ1v) is 4.16. The lowest BCUT2D eigenvalue weighted by molar-refractivity contribution is -0.116. The smallest absolute Gasteiger partial charge is 0.0315 e. The predicted octanol–water partition coefficient (Wildman–Crippen LogP) is 1.76. The zero-order chi connectivity index (χ0) is 7.94. The maximum absolute atomic E-state index is 7.99. The number of pyridine rings is 1. The Morgan fingerprint density at radius 1 is 1.45 bits per heavy atom. The molecule has 1 heterocycles. The molecule has 0 fully saturated rings. The van der Waals surface area contributed by atoms with E-state index in [9.17, 15) is 0 Å². The van der Waals surface area contributed by atoms with Crippen molar-refractivity contribution in [2.24, 2.45) is 0 Å². The normalized spacial score (nSPS) is 9.91. The second-order valence-corrected chi connectivity index (χ2v) is 2.79. The van der Waals surface area contributed by atoms with Gasteiger partial charge in [0.1, 0.15) is 0 Å². The Hall–Kier alpha value is -0.580. The van der Waals surface area contributed by atoms with Gasteiger partial charge in [-0.05, 0) is 24.1 Å². The molecule has 0 spiro atoms. The van der Waals surface area contributed by atoms with Crippen molar-refractivity contribution in [1.82, 2.24) is 4.98 Å². The minimum atomic E-state index is 0.751. The Bertz CT molecular complexity index is 193. The minimum Gasteiger partial charge on any atom is -0.265 e. The Morgan fingerprint density at radius 3 is 2.82 bits per heavy atom. The third-order valence-electron chi connectivity index (χ3n) is 1.28. The van der Waals surface area contributed by atoms with Crippen molar-refractivity contribution in [3.63, 3.8) is 0 Å². The Kier molecular flexibility index (Phi) is 3.96. The van der Waals surface area contributed by atoms with Crippen LogP contribution in [0, 0.1) is 0 Å². The summed E-state index contributed by atoms with van der Waals surface area (Å²) >= 11 is 1.04. The van der Waals surface area contributed by atoms with E-state index >= 15 is 0 Å². The lowest BCUT2D eigenvalue weighted by Gasteiger charge is -1.96. The van der Waals surface area contributed by atoms with Crippen molar-refractivity contribution < 1.29 is 9.59 Å². The number of nitrogens with zero attached hydrogens (tertiary/aromatic N) is 1. The molecule has 0 atom stereocenters. The highest BCUT2D eigenvalue weighted by Crippen LogP contribution is 2.04. The van der Waals surface area contributed by atoms with Crippen molar-refractivity contribution in [2.75, 3.05) is 5.75 Å². The summed E-state index contributed by atoms with van der Waals surface area (Å²) in [6, 6.07) is 3.88. The standard InChI is InChI=1S/C7H9NO2S/c9-10-11-6-3-7-1-4-8-5-2-7/h1-2,4-5,9H,3,6H2. The lowest BCUT2D eigenvalue weighted by Crippen LogP contribution is -1.88. The summed E-state index contributed by atoms with van der Waals surface area (Å²) in [6.45, 7) is 0. The molecule has 1 N–H and O–H groups in total. The van der Waals surface area contributed by atoms with Gasteiger partial charge in [-0.2, -0.15) is 4.33 Å². The van der Waals surface area contributed by atoms with E-state index in [2.05, 4.69) is 9.32 Å². The van der Waals surface area contributed by atoms with Crippen LogP contribution in [0.25, 0.3) is 0 Å². The Labute approximate surface area is 69.6 Å². The van der Waals surface area contributed by atoms with Gasteiger partial charge in [0.15, 0.2) is 0 Å². The van der Waals surface area contributed by atoms with Crippen molar-refractivity contribution in [2.45, 2.75) is 6.42 Å². The summed E-state index contributed by atoms with van der Waals surface area (Å²) in [6.07, 6.45) is 4.38. The number of rotatable bonds is 4. The van der Waals surface area contributed by atoms with E-state index in [0.29, 0.717) is 0 Å². The summed E-state index contributed by atoms with van der Waals surface area (Å²) in [5, 5.41) is 7.99. The fourth-order valence-corrected chi connectivity index (χ4v) is 1.14. The van der Waals surface area contributed by atoms with Gasteiger partial charge >= 0.3 is 0 Å². The molecule has 11 heavy (non-hydrogen) atoms. The van der Waals surface area contributed by atoms with Crippen molar-refractivity contribution in [3.8, 4) is 0 Å². The SMILES string of the molecule is OOSCCc1ccncc1. The van der Waals surface area contributed by atoms with Crippen molar-refractivity contribution >= 4 is 12.0 Å². The molecule has 0 bridgehead atoms. The third kappa shape index (κ3) is 3.36. The molecule has 0 aromatic carbocycles. The van der Waals surface area contributed by atoms with E-state index in [4.69, 9.17) is 5.26 Å². The van der Waals surface area contributed by atoms with Gasteiger partial charge in [0.2, 0.25) is 0 Å². The molecule has 0 aliphatic rings. The average Bonchev–Trinajstić information content (AvgIpc) is 2.07. The molecule has 0 amide bonds. The molecule has 0 saturated heterocycles. The molecular formula is C7H9NO2S. The highest BCUT2D eigenvalue weighted by atomic mass is 32.2. The average molecular weight is 171 g/mol. The first kappa shape index (κ1) is 8.52. The molecule has 1 aromatic rings. The van der Waals surface area contributed by atoms with Crippen LogP contribution in [0.2, 0.25) is 0 Å². The molecule has 60 valence electrons. The van der Waals surface area contributed by atoms with Crippen LogP contribution < -0.4 is 0 Å². The maximum atomic E-state index is 7.99. The van der Waals surface area contributed by atoms with Gasteiger partial charge in [0.05, 0.1) is 0 Å². The summed E-state index contributed by atoms with van der Waals surface area (Å²) in [7, 11) is 0. The van der Waals surface area contributed by atoms with Crippen LogP contribution in [0.4, 0.5) is 0 Å². The second-order valence-electron chi connectivity index (χ2n) is 2.00. The van der Waals surface area contributed by atoms with Gasteiger partial charge in [0.25, 0.3) is 0 Å². The highest BCUT2D eigenvalue weighted by Gasteiger charge is 1.91. The van der Waals surface area contributed by atoms with E-state index in [1.165, 1.54) is 5.56 Å². The highest BCUT2D eigenvalue weighted by molar-refractivity contribution is 7.94. The topological polar surface area (TPSA) is 42.4 Å². The van der Waals surface area contributed by atoms with E-state index in [0.717, 1.165) is 24.2 Å². The zero-order valence-corrected chi connectivity index (χ0v) is 6.75. The summed E-state index contributed by atoms with van der Waals surface area (Å²) < 4.78 is 3.86. The maximum Gasteiger partial charge on any atom is 0.0315 e. The molecule has 1 aromatic heterocycles. The quantitative estimate of drug-likeness (QED) is 0.324. The first-order valence-electron chi connectivity index (χ1n) is 3.25. The molecule has 0 saturated carbocycles. The van der Waals surface area contributed by atoms with Crippen LogP contribution in [0.3, 0.4) is 0 Å². The van der Waals surface area contributed by atoms with E-state index < -0.39 is 0 Å². The van der Waals surface area contributed by atoms with Crippen LogP contribution in [0.15, 0.2) is 24.5 Å². The van der Waals surface area contributed by atoms with E-state index in [-0.39, 0.29) is 0 Å². The largest absolute Gasteiger partial charge is 0.265 e. The molecule has 3 nitrogen and oxygen atoms in total. The van der Waals surface area contributed by atoms with Crippen LogP contribution in [0.1, 0.15) is 5.56 Å². The van der Waals surface area contributed by atoms with Gasteiger partial charge in [-0.15, -0.1) is 0 Å². The minimum absolute atomic E-state index is 0.751. The van der Waals surface area contributed by atoms with Crippen molar-refractivity contribution in [3.05, 3.63) is 30.1 Å². The lowest BCUT2D eigenvalue weighted by atomic mass is 10.2. The van der Waals surface area contributed by atoms with Crippen LogP contribution in [-0.2, 0) is 10.8 Å². The number of aromatic nitrogens is 1. The number of hydrogen-bond donors (Lipinski definition) is 1.